The van der Waals surface area contributed by atoms with E-state index in [1.54, 1.807) is 6.08 Å². The molecule has 1 atom stereocenters. The molecule has 0 aromatic heterocycles. The highest BCUT2D eigenvalue weighted by atomic mass is 32.2. The zero-order valence-electron chi connectivity index (χ0n) is 10.6. The van der Waals surface area contributed by atoms with Crippen LogP contribution in [-0.4, -0.2) is 4.55 Å². The minimum Gasteiger partial charge on any atom is -0.606 e. The van der Waals surface area contributed by atoms with Crippen molar-refractivity contribution in [2.24, 2.45) is 0 Å². The average molecular weight is 266 g/mol. The monoisotopic (exact) mass is 266 g/mol. The number of hydrogen-bond acceptors (Lipinski definition) is 1. The Hall–Kier alpha value is -1.77. The molecule has 0 N–H and O–H groups in total. The summed E-state index contributed by atoms with van der Waals surface area (Å²) in [4.78, 5) is 1.82. The van der Waals surface area contributed by atoms with Crippen molar-refractivity contribution in [3.05, 3.63) is 71.8 Å². The van der Waals surface area contributed by atoms with Crippen LogP contribution in [0.25, 0.3) is 12.2 Å². The highest BCUT2D eigenvalue weighted by molar-refractivity contribution is 7.91. The Balaban J connectivity index is 2.25. The van der Waals surface area contributed by atoms with Gasteiger partial charge in [0.1, 0.15) is 0 Å². The number of fused-ring (bicyclic) bond motifs is 2. The van der Waals surface area contributed by atoms with E-state index in [-0.39, 0.29) is 0 Å². The fourth-order valence-electron chi connectivity index (χ4n) is 2.51. The Morgan fingerprint density at radius 2 is 1.84 bits per heavy atom. The van der Waals surface area contributed by atoms with Gasteiger partial charge in [0.2, 0.25) is 0 Å². The van der Waals surface area contributed by atoms with E-state index < -0.39 is 11.2 Å². The number of hydrogen-bond donors (Lipinski definition) is 0. The Morgan fingerprint density at radius 1 is 1.05 bits per heavy atom. The van der Waals surface area contributed by atoms with Crippen LogP contribution in [0, 0.1) is 0 Å². The number of benzene rings is 2. The third-order valence-corrected chi connectivity index (χ3v) is 5.08. The van der Waals surface area contributed by atoms with Crippen molar-refractivity contribution in [3.8, 4) is 0 Å². The maximum absolute atomic E-state index is 12.7. The van der Waals surface area contributed by atoms with Crippen molar-refractivity contribution in [2.75, 3.05) is 0 Å². The predicted molar refractivity (Wildman–Crippen MR) is 80.5 cm³/mol. The van der Waals surface area contributed by atoms with Gasteiger partial charge in [0.05, 0.1) is 0 Å². The fraction of sp³-hybridized carbons (Fsp3) is 0.0588. The smallest absolute Gasteiger partial charge is 0.169 e. The highest BCUT2D eigenvalue weighted by Crippen LogP contribution is 2.37. The molecule has 0 spiro atoms. The first-order valence-electron chi connectivity index (χ1n) is 6.16. The van der Waals surface area contributed by atoms with Crippen LogP contribution in [0.5, 0.6) is 0 Å². The number of rotatable bonds is 2. The SMILES string of the molecule is C=Cc1cc(C=C)c2c(c1)Cc1ccccc1[S+]2[O-]. The Morgan fingerprint density at radius 3 is 2.58 bits per heavy atom. The largest absolute Gasteiger partial charge is 0.606 e. The van der Waals surface area contributed by atoms with Crippen molar-refractivity contribution in [1.29, 1.82) is 0 Å². The molecule has 0 saturated heterocycles. The molecule has 0 fully saturated rings. The van der Waals surface area contributed by atoms with Crippen LogP contribution in [0.4, 0.5) is 0 Å². The predicted octanol–water partition coefficient (Wildman–Crippen LogP) is 4.04. The van der Waals surface area contributed by atoms with Gasteiger partial charge in [-0.3, -0.25) is 0 Å². The lowest BCUT2D eigenvalue weighted by atomic mass is 9.99. The molecule has 0 bridgehead atoms. The van der Waals surface area contributed by atoms with E-state index in [4.69, 9.17) is 0 Å². The second-order valence-electron chi connectivity index (χ2n) is 4.56. The zero-order chi connectivity index (χ0) is 13.4. The molecule has 2 heteroatoms. The van der Waals surface area contributed by atoms with Gasteiger partial charge in [0, 0.05) is 34.3 Å². The van der Waals surface area contributed by atoms with Gasteiger partial charge in [-0.05, 0) is 23.8 Å². The normalized spacial score (nSPS) is 16.4. The molecule has 19 heavy (non-hydrogen) atoms. The van der Waals surface area contributed by atoms with Crippen molar-refractivity contribution >= 4 is 23.3 Å². The molecule has 2 aromatic carbocycles. The summed E-state index contributed by atoms with van der Waals surface area (Å²) in [6, 6.07) is 12.0. The summed E-state index contributed by atoms with van der Waals surface area (Å²) in [5, 5.41) is 0. The topological polar surface area (TPSA) is 23.1 Å². The summed E-state index contributed by atoms with van der Waals surface area (Å²) in [6.45, 7) is 7.64. The van der Waals surface area contributed by atoms with Crippen LogP contribution in [0.2, 0.25) is 0 Å². The molecular weight excluding hydrogens is 252 g/mol. The van der Waals surface area contributed by atoms with Gasteiger partial charge in [0.15, 0.2) is 9.79 Å². The van der Waals surface area contributed by atoms with Crippen LogP contribution >= 0.6 is 0 Å². The Kier molecular flexibility index (Phi) is 3.05. The molecule has 1 unspecified atom stereocenters. The van der Waals surface area contributed by atoms with Gasteiger partial charge in [0.25, 0.3) is 0 Å². The van der Waals surface area contributed by atoms with E-state index in [9.17, 15) is 4.55 Å². The van der Waals surface area contributed by atoms with E-state index in [0.717, 1.165) is 38.5 Å². The lowest BCUT2D eigenvalue weighted by molar-refractivity contribution is 0.590. The molecule has 1 aliphatic heterocycles. The second-order valence-corrected chi connectivity index (χ2v) is 5.95. The third kappa shape index (κ3) is 1.93. The first-order chi connectivity index (χ1) is 9.24. The zero-order valence-corrected chi connectivity index (χ0v) is 11.4. The molecule has 0 radical (unpaired) electrons. The van der Waals surface area contributed by atoms with Crippen molar-refractivity contribution in [1.82, 2.24) is 0 Å². The van der Waals surface area contributed by atoms with Crippen LogP contribution in [0.1, 0.15) is 22.3 Å². The van der Waals surface area contributed by atoms with Gasteiger partial charge in [-0.15, -0.1) is 0 Å². The van der Waals surface area contributed by atoms with Gasteiger partial charge in [-0.25, -0.2) is 0 Å². The van der Waals surface area contributed by atoms with Gasteiger partial charge in [-0.2, -0.15) is 0 Å². The molecule has 2 aromatic rings. The minimum absolute atomic E-state index is 0.819. The maximum Gasteiger partial charge on any atom is 0.169 e. The molecule has 3 rings (SSSR count). The van der Waals surface area contributed by atoms with Crippen molar-refractivity contribution in [3.63, 3.8) is 0 Å². The highest BCUT2D eigenvalue weighted by Gasteiger charge is 2.30. The fourth-order valence-corrected chi connectivity index (χ4v) is 4.04. The summed E-state index contributed by atoms with van der Waals surface area (Å²) in [7, 11) is 0. The quantitative estimate of drug-likeness (QED) is 0.752. The first kappa shape index (κ1) is 12.3. The van der Waals surface area contributed by atoms with Crippen molar-refractivity contribution in [2.45, 2.75) is 16.2 Å². The van der Waals surface area contributed by atoms with E-state index in [1.807, 2.05) is 36.4 Å². The lowest BCUT2D eigenvalue weighted by Gasteiger charge is -2.23. The van der Waals surface area contributed by atoms with E-state index in [1.165, 1.54) is 0 Å². The molecule has 94 valence electrons. The summed E-state index contributed by atoms with van der Waals surface area (Å²) in [5.74, 6) is 0. The third-order valence-electron chi connectivity index (χ3n) is 3.41. The minimum atomic E-state index is -1.12. The van der Waals surface area contributed by atoms with Crippen LogP contribution in [0.15, 0.2) is 59.3 Å². The standard InChI is InChI=1S/C17H14OS/c1-3-12-9-13(4-2)17-15(10-12)11-14-7-5-6-8-16(14)19(17)18/h3-10H,1-2,11H2. The lowest BCUT2D eigenvalue weighted by Crippen LogP contribution is -2.16. The van der Waals surface area contributed by atoms with E-state index in [2.05, 4.69) is 19.2 Å². The molecule has 0 amide bonds. The van der Waals surface area contributed by atoms with Crippen LogP contribution in [0.3, 0.4) is 0 Å². The van der Waals surface area contributed by atoms with Crippen LogP contribution in [-0.2, 0) is 17.6 Å². The molecule has 1 nitrogen and oxygen atoms in total. The summed E-state index contributed by atoms with van der Waals surface area (Å²) in [6.07, 6.45) is 4.41. The van der Waals surface area contributed by atoms with E-state index in [0.29, 0.717) is 0 Å². The molecular formula is C17H14OS. The Bertz CT molecular complexity index is 673. The summed E-state index contributed by atoms with van der Waals surface area (Å²) in [5.41, 5.74) is 4.25. The molecule has 1 heterocycles. The van der Waals surface area contributed by atoms with Crippen molar-refractivity contribution < 1.29 is 4.55 Å². The average Bonchev–Trinajstić information content (AvgIpc) is 2.46. The van der Waals surface area contributed by atoms with Gasteiger partial charge >= 0.3 is 0 Å². The summed E-state index contributed by atoms with van der Waals surface area (Å²) < 4.78 is 12.7. The van der Waals surface area contributed by atoms with Gasteiger partial charge in [-0.1, -0.05) is 43.5 Å². The Labute approximate surface area is 116 Å². The van der Waals surface area contributed by atoms with Crippen LogP contribution < -0.4 is 0 Å². The van der Waals surface area contributed by atoms with E-state index >= 15 is 0 Å². The molecule has 1 aliphatic rings. The van der Waals surface area contributed by atoms with Gasteiger partial charge < -0.3 is 4.55 Å². The first-order valence-corrected chi connectivity index (χ1v) is 7.31. The summed E-state index contributed by atoms with van der Waals surface area (Å²) >= 11 is -1.12. The molecule has 0 saturated carbocycles. The molecule has 0 aliphatic carbocycles. The maximum atomic E-state index is 12.7. The second kappa shape index (κ2) is 4.72.